The summed E-state index contributed by atoms with van der Waals surface area (Å²) >= 11 is 5.84. The predicted molar refractivity (Wildman–Crippen MR) is 104 cm³/mol. The molecule has 1 aromatic carbocycles. The first-order chi connectivity index (χ1) is 13.5. The topological polar surface area (TPSA) is 91.2 Å². The summed E-state index contributed by atoms with van der Waals surface area (Å²) in [6.45, 7) is 1.90. The first kappa shape index (κ1) is 18.2. The number of carbonyl (C=O) groups is 1. The Hall–Kier alpha value is -3.13. The van der Waals surface area contributed by atoms with Gasteiger partial charge in [0.25, 0.3) is 0 Å². The fraction of sp³-hybridized carbons (Fsp3) is 0.263. The SMILES string of the molecule is COc1ccc(OC)c([C@H]2CC(=O)Nc3c2c(C)nn3-c2ccc(Cl)nn2)c1. The van der Waals surface area contributed by atoms with Crippen molar-refractivity contribution in [2.45, 2.75) is 19.3 Å². The first-order valence-electron chi connectivity index (χ1n) is 8.62. The molecule has 0 saturated heterocycles. The van der Waals surface area contributed by atoms with Crippen LogP contribution in [-0.2, 0) is 4.79 Å². The van der Waals surface area contributed by atoms with Crippen LogP contribution in [0.2, 0.25) is 5.15 Å². The van der Waals surface area contributed by atoms with Crippen LogP contribution in [0.5, 0.6) is 11.5 Å². The summed E-state index contributed by atoms with van der Waals surface area (Å²) in [5.74, 6) is 2.06. The maximum Gasteiger partial charge on any atom is 0.226 e. The highest BCUT2D eigenvalue weighted by Crippen LogP contribution is 2.44. The molecular formula is C19H18ClN5O3. The highest BCUT2D eigenvalue weighted by atomic mass is 35.5. The molecule has 8 nitrogen and oxygen atoms in total. The van der Waals surface area contributed by atoms with Crippen LogP contribution >= 0.6 is 11.6 Å². The summed E-state index contributed by atoms with van der Waals surface area (Å²) in [7, 11) is 3.21. The first-order valence-corrected chi connectivity index (χ1v) is 9.00. The number of benzene rings is 1. The minimum Gasteiger partial charge on any atom is -0.497 e. The fourth-order valence-electron chi connectivity index (χ4n) is 3.51. The molecule has 1 aliphatic heterocycles. The number of nitrogens with zero attached hydrogens (tertiary/aromatic N) is 4. The van der Waals surface area contributed by atoms with Crippen molar-refractivity contribution >= 4 is 23.3 Å². The van der Waals surface area contributed by atoms with E-state index in [9.17, 15) is 4.79 Å². The molecule has 3 heterocycles. The number of methoxy groups -OCH3 is 2. The van der Waals surface area contributed by atoms with Gasteiger partial charge < -0.3 is 14.8 Å². The van der Waals surface area contributed by atoms with Gasteiger partial charge in [0.15, 0.2) is 11.0 Å². The smallest absolute Gasteiger partial charge is 0.226 e. The van der Waals surface area contributed by atoms with Crippen LogP contribution in [0.25, 0.3) is 5.82 Å². The number of anilines is 1. The Labute approximate surface area is 166 Å². The third-order valence-corrected chi connectivity index (χ3v) is 4.95. The molecule has 0 aliphatic carbocycles. The lowest BCUT2D eigenvalue weighted by Crippen LogP contribution is -2.25. The molecule has 1 aliphatic rings. The molecule has 0 spiro atoms. The molecule has 2 aromatic heterocycles. The van der Waals surface area contributed by atoms with Crippen LogP contribution in [0.15, 0.2) is 30.3 Å². The van der Waals surface area contributed by atoms with E-state index in [4.69, 9.17) is 21.1 Å². The second-order valence-corrected chi connectivity index (χ2v) is 6.77. The maximum absolute atomic E-state index is 12.5. The number of carbonyl (C=O) groups excluding carboxylic acids is 1. The monoisotopic (exact) mass is 399 g/mol. The van der Waals surface area contributed by atoms with Crippen LogP contribution in [-0.4, -0.2) is 40.1 Å². The van der Waals surface area contributed by atoms with Crippen molar-refractivity contribution in [3.05, 3.63) is 52.3 Å². The summed E-state index contributed by atoms with van der Waals surface area (Å²) in [5, 5.41) is 15.7. The molecule has 0 fully saturated rings. The summed E-state index contributed by atoms with van der Waals surface area (Å²) in [5.41, 5.74) is 2.55. The molecule has 1 N–H and O–H groups in total. The number of ether oxygens (including phenoxy) is 2. The van der Waals surface area contributed by atoms with Gasteiger partial charge in [0, 0.05) is 23.5 Å². The van der Waals surface area contributed by atoms with Gasteiger partial charge in [0.2, 0.25) is 5.91 Å². The van der Waals surface area contributed by atoms with Crippen molar-refractivity contribution in [1.29, 1.82) is 0 Å². The average molecular weight is 400 g/mol. The number of aryl methyl sites for hydroxylation is 1. The number of fused-ring (bicyclic) bond motifs is 1. The van der Waals surface area contributed by atoms with Crippen LogP contribution in [0.1, 0.15) is 29.2 Å². The zero-order chi connectivity index (χ0) is 19.8. The van der Waals surface area contributed by atoms with Crippen molar-refractivity contribution < 1.29 is 14.3 Å². The maximum atomic E-state index is 12.5. The van der Waals surface area contributed by atoms with Crippen LogP contribution in [0, 0.1) is 6.92 Å². The van der Waals surface area contributed by atoms with Crippen molar-refractivity contribution in [3.63, 3.8) is 0 Å². The zero-order valence-corrected chi connectivity index (χ0v) is 16.3. The van der Waals surface area contributed by atoms with Crippen molar-refractivity contribution in [2.75, 3.05) is 19.5 Å². The van der Waals surface area contributed by atoms with Gasteiger partial charge in [0.1, 0.15) is 17.3 Å². The Morgan fingerprint density at radius 3 is 2.68 bits per heavy atom. The molecule has 0 radical (unpaired) electrons. The molecular weight excluding hydrogens is 382 g/mol. The zero-order valence-electron chi connectivity index (χ0n) is 15.6. The Morgan fingerprint density at radius 1 is 1.18 bits per heavy atom. The van der Waals surface area contributed by atoms with E-state index in [0.717, 1.165) is 16.8 Å². The van der Waals surface area contributed by atoms with E-state index in [1.54, 1.807) is 31.0 Å². The van der Waals surface area contributed by atoms with Gasteiger partial charge in [-0.15, -0.1) is 10.2 Å². The Bertz CT molecular complexity index is 1050. The lowest BCUT2D eigenvalue weighted by atomic mass is 9.85. The molecule has 0 saturated carbocycles. The lowest BCUT2D eigenvalue weighted by Gasteiger charge is -2.25. The van der Waals surface area contributed by atoms with E-state index >= 15 is 0 Å². The molecule has 4 rings (SSSR count). The minimum atomic E-state index is -0.234. The van der Waals surface area contributed by atoms with Gasteiger partial charge in [-0.2, -0.15) is 9.78 Å². The number of halogens is 1. The summed E-state index contributed by atoms with van der Waals surface area (Å²) in [6, 6.07) is 8.88. The van der Waals surface area contributed by atoms with E-state index in [-0.39, 0.29) is 23.4 Å². The number of nitrogens with one attached hydrogen (secondary N) is 1. The standard InChI is InChI=1S/C19H18ClN5O3/c1-10-18-13(12-8-11(27-2)4-5-14(12)28-3)9-17(26)21-19(18)25(24-10)16-7-6-15(20)22-23-16/h4-8,13H,9H2,1-3H3,(H,21,26)/t13-/m1/s1. The number of amides is 1. The lowest BCUT2D eigenvalue weighted by molar-refractivity contribution is -0.116. The second kappa shape index (κ2) is 7.12. The third-order valence-electron chi connectivity index (χ3n) is 4.75. The summed E-state index contributed by atoms with van der Waals surface area (Å²) in [4.78, 5) is 12.5. The number of hydrogen-bond acceptors (Lipinski definition) is 6. The van der Waals surface area contributed by atoms with Gasteiger partial charge in [-0.1, -0.05) is 11.6 Å². The largest absolute Gasteiger partial charge is 0.497 e. The molecule has 9 heteroatoms. The van der Waals surface area contributed by atoms with Gasteiger partial charge in [-0.05, 0) is 37.3 Å². The number of rotatable bonds is 4. The molecule has 3 aromatic rings. The highest BCUT2D eigenvalue weighted by Gasteiger charge is 2.34. The van der Waals surface area contributed by atoms with E-state index < -0.39 is 0 Å². The predicted octanol–water partition coefficient (Wildman–Crippen LogP) is 3.12. The van der Waals surface area contributed by atoms with Crippen LogP contribution < -0.4 is 14.8 Å². The van der Waals surface area contributed by atoms with Gasteiger partial charge in [-0.25, -0.2) is 0 Å². The van der Waals surface area contributed by atoms with Gasteiger partial charge >= 0.3 is 0 Å². The molecule has 144 valence electrons. The van der Waals surface area contributed by atoms with E-state index in [1.807, 2.05) is 25.1 Å². The van der Waals surface area contributed by atoms with Crippen molar-refractivity contribution in [3.8, 4) is 17.3 Å². The number of aromatic nitrogens is 4. The molecule has 1 amide bonds. The minimum absolute atomic E-state index is 0.120. The molecule has 28 heavy (non-hydrogen) atoms. The van der Waals surface area contributed by atoms with E-state index in [1.165, 1.54) is 0 Å². The average Bonchev–Trinajstić information content (AvgIpc) is 3.03. The summed E-state index contributed by atoms with van der Waals surface area (Å²) in [6.07, 6.45) is 0.273. The molecule has 0 unspecified atom stereocenters. The van der Waals surface area contributed by atoms with Crippen molar-refractivity contribution in [1.82, 2.24) is 20.0 Å². The van der Waals surface area contributed by atoms with Gasteiger partial charge in [-0.3, -0.25) is 4.79 Å². The van der Waals surface area contributed by atoms with Crippen molar-refractivity contribution in [2.24, 2.45) is 0 Å². The highest BCUT2D eigenvalue weighted by molar-refractivity contribution is 6.29. The Morgan fingerprint density at radius 2 is 2.00 bits per heavy atom. The van der Waals surface area contributed by atoms with E-state index in [0.29, 0.717) is 23.1 Å². The van der Waals surface area contributed by atoms with E-state index in [2.05, 4.69) is 20.6 Å². The fourth-order valence-corrected chi connectivity index (χ4v) is 3.61. The number of hydrogen-bond donors (Lipinski definition) is 1. The Balaban J connectivity index is 1.89. The Kier molecular flexibility index (Phi) is 4.64. The van der Waals surface area contributed by atoms with Gasteiger partial charge in [0.05, 0.1) is 19.9 Å². The quantitative estimate of drug-likeness (QED) is 0.724. The second-order valence-electron chi connectivity index (χ2n) is 6.39. The molecule has 0 bridgehead atoms. The molecule has 1 atom stereocenters. The van der Waals surface area contributed by atoms with Crippen LogP contribution in [0.4, 0.5) is 5.82 Å². The summed E-state index contributed by atoms with van der Waals surface area (Å²) < 4.78 is 12.5. The van der Waals surface area contributed by atoms with Crippen LogP contribution in [0.3, 0.4) is 0 Å². The third kappa shape index (κ3) is 3.05. The normalized spacial score (nSPS) is 15.7.